The van der Waals surface area contributed by atoms with Crippen LogP contribution in [0, 0.1) is 13.8 Å². The largest absolute Gasteiger partial charge is 0.348 e. The van der Waals surface area contributed by atoms with Crippen LogP contribution in [0.1, 0.15) is 47.4 Å². The van der Waals surface area contributed by atoms with Gasteiger partial charge in [0.25, 0.3) is 5.91 Å². The number of amides is 1. The molecule has 0 saturated heterocycles. The van der Waals surface area contributed by atoms with Gasteiger partial charge in [-0.25, -0.2) is 0 Å². The third-order valence-electron chi connectivity index (χ3n) is 3.34. The molecule has 18 heavy (non-hydrogen) atoms. The maximum Gasteiger partial charge on any atom is 0.253 e. The van der Waals surface area contributed by atoms with E-state index in [1.807, 2.05) is 13.8 Å². The van der Waals surface area contributed by atoms with E-state index in [9.17, 15) is 4.79 Å². The Morgan fingerprint density at radius 2 is 2.06 bits per heavy atom. The molecule has 1 heterocycles. The summed E-state index contributed by atoms with van der Waals surface area (Å²) >= 11 is 3.65. The number of aryl methyl sites for hydroxylation is 2. The van der Waals surface area contributed by atoms with Gasteiger partial charge in [0.2, 0.25) is 0 Å². The predicted octanol–water partition coefficient (Wildman–Crippen LogP) is 2.53. The maximum atomic E-state index is 12.2. The monoisotopic (exact) mass is 311 g/mol. The average molecular weight is 312 g/mol. The lowest BCUT2D eigenvalue weighted by atomic mass is 9.95. The molecule has 0 spiro atoms. The summed E-state index contributed by atoms with van der Waals surface area (Å²) < 4.78 is 0. The van der Waals surface area contributed by atoms with Crippen LogP contribution in [-0.4, -0.2) is 27.0 Å². The molecule has 98 valence electrons. The first-order valence-corrected chi connectivity index (χ1v) is 7.25. The van der Waals surface area contributed by atoms with Gasteiger partial charge in [-0.15, -0.1) is 0 Å². The van der Waals surface area contributed by atoms with E-state index in [4.69, 9.17) is 0 Å². The quantitative estimate of drug-likeness (QED) is 0.854. The summed E-state index contributed by atoms with van der Waals surface area (Å²) in [7, 11) is 0. The molecule has 4 nitrogen and oxygen atoms in total. The summed E-state index contributed by atoms with van der Waals surface area (Å²) in [4.78, 5) is 12.6. The van der Waals surface area contributed by atoms with E-state index < -0.39 is 0 Å². The van der Waals surface area contributed by atoms with E-state index in [-0.39, 0.29) is 11.9 Å². The van der Waals surface area contributed by atoms with Crippen molar-refractivity contribution in [3.05, 3.63) is 23.0 Å². The smallest absolute Gasteiger partial charge is 0.253 e. The molecule has 0 aromatic carbocycles. The molecule has 1 amide bonds. The Labute approximate surface area is 116 Å². The predicted molar refractivity (Wildman–Crippen MR) is 73.9 cm³/mol. The Bertz CT molecular complexity index is 450. The van der Waals surface area contributed by atoms with Gasteiger partial charge in [-0.2, -0.15) is 10.2 Å². The fourth-order valence-electron chi connectivity index (χ4n) is 2.27. The highest BCUT2D eigenvalue weighted by Crippen LogP contribution is 2.24. The highest BCUT2D eigenvalue weighted by atomic mass is 79.9. The van der Waals surface area contributed by atoms with Crippen LogP contribution in [0.3, 0.4) is 0 Å². The minimum atomic E-state index is -0.0400. The number of halogens is 1. The number of aromatic nitrogens is 2. The third-order valence-corrected chi connectivity index (χ3v) is 4.44. The molecule has 1 aliphatic rings. The van der Waals surface area contributed by atoms with Gasteiger partial charge in [-0.05, 0) is 32.8 Å². The zero-order chi connectivity index (χ0) is 13.1. The zero-order valence-electron chi connectivity index (χ0n) is 10.7. The van der Waals surface area contributed by atoms with Crippen molar-refractivity contribution in [1.82, 2.24) is 15.5 Å². The topological polar surface area (TPSA) is 54.9 Å². The zero-order valence-corrected chi connectivity index (χ0v) is 12.3. The van der Waals surface area contributed by atoms with Gasteiger partial charge in [0.05, 0.1) is 17.0 Å². The van der Waals surface area contributed by atoms with Gasteiger partial charge in [-0.1, -0.05) is 28.8 Å². The van der Waals surface area contributed by atoms with Crippen LogP contribution in [0.25, 0.3) is 0 Å². The molecule has 1 aromatic rings. The normalized spacial score (nSPS) is 23.7. The molecule has 5 heteroatoms. The molecule has 1 aliphatic carbocycles. The van der Waals surface area contributed by atoms with Gasteiger partial charge in [-0.3, -0.25) is 4.79 Å². The van der Waals surface area contributed by atoms with Gasteiger partial charge in [0, 0.05) is 10.9 Å². The second-order valence-electron chi connectivity index (χ2n) is 4.87. The summed E-state index contributed by atoms with van der Waals surface area (Å²) in [5, 5.41) is 11.0. The number of rotatable bonds is 2. The third kappa shape index (κ3) is 3.07. The fourth-order valence-corrected chi connectivity index (χ4v) is 2.99. The summed E-state index contributed by atoms with van der Waals surface area (Å²) in [6, 6.07) is 2.02. The number of carbonyl (C=O) groups excluding carboxylic acids is 1. The number of nitrogens with one attached hydrogen (secondary N) is 1. The van der Waals surface area contributed by atoms with E-state index in [1.54, 1.807) is 6.07 Å². The second-order valence-corrected chi connectivity index (χ2v) is 6.04. The van der Waals surface area contributed by atoms with Crippen molar-refractivity contribution in [2.24, 2.45) is 0 Å². The summed E-state index contributed by atoms with van der Waals surface area (Å²) in [6.45, 7) is 3.66. The molecule has 1 fully saturated rings. The molecule has 2 unspecified atom stereocenters. The summed E-state index contributed by atoms with van der Waals surface area (Å²) in [6.07, 6.45) is 4.58. The first-order valence-electron chi connectivity index (χ1n) is 6.34. The van der Waals surface area contributed by atoms with Crippen molar-refractivity contribution in [2.75, 3.05) is 0 Å². The SMILES string of the molecule is Cc1cc(C(=O)NC2CCCCC2Br)c(C)nn1. The Hall–Kier alpha value is -0.970. The van der Waals surface area contributed by atoms with Crippen LogP contribution in [0.4, 0.5) is 0 Å². The molecular formula is C13H18BrN3O. The highest BCUT2D eigenvalue weighted by molar-refractivity contribution is 9.09. The number of nitrogens with zero attached hydrogens (tertiary/aromatic N) is 2. The average Bonchev–Trinajstić information content (AvgIpc) is 2.35. The van der Waals surface area contributed by atoms with Crippen molar-refractivity contribution in [2.45, 2.75) is 50.4 Å². The Morgan fingerprint density at radius 1 is 1.33 bits per heavy atom. The van der Waals surface area contributed by atoms with Crippen molar-refractivity contribution in [1.29, 1.82) is 0 Å². The van der Waals surface area contributed by atoms with Crippen LogP contribution in [-0.2, 0) is 0 Å². The Balaban J connectivity index is 2.09. The molecular weight excluding hydrogens is 294 g/mol. The second kappa shape index (κ2) is 5.78. The van der Waals surface area contributed by atoms with Crippen LogP contribution >= 0.6 is 15.9 Å². The van der Waals surface area contributed by atoms with Crippen LogP contribution in [0.5, 0.6) is 0 Å². The van der Waals surface area contributed by atoms with Crippen LogP contribution in [0.2, 0.25) is 0 Å². The standard InChI is InChI=1S/C13H18BrN3O/c1-8-7-10(9(2)17-16-8)13(18)15-12-6-4-3-5-11(12)14/h7,11-12H,3-6H2,1-2H3,(H,15,18). The number of hydrogen-bond donors (Lipinski definition) is 1. The lowest BCUT2D eigenvalue weighted by molar-refractivity contribution is 0.0928. The van der Waals surface area contributed by atoms with Gasteiger partial charge < -0.3 is 5.32 Å². The van der Waals surface area contributed by atoms with Crippen molar-refractivity contribution in [3.63, 3.8) is 0 Å². The van der Waals surface area contributed by atoms with E-state index in [2.05, 4.69) is 31.4 Å². The minimum Gasteiger partial charge on any atom is -0.348 e. The molecule has 0 aliphatic heterocycles. The van der Waals surface area contributed by atoms with Crippen molar-refractivity contribution >= 4 is 21.8 Å². The number of hydrogen-bond acceptors (Lipinski definition) is 3. The molecule has 0 radical (unpaired) electrons. The first-order chi connectivity index (χ1) is 8.58. The van der Waals surface area contributed by atoms with Gasteiger partial charge in [0.1, 0.15) is 0 Å². The molecule has 2 atom stereocenters. The van der Waals surface area contributed by atoms with E-state index >= 15 is 0 Å². The maximum absolute atomic E-state index is 12.2. The van der Waals surface area contributed by atoms with Gasteiger partial charge >= 0.3 is 0 Å². The lowest BCUT2D eigenvalue weighted by Crippen LogP contribution is -2.42. The summed E-state index contributed by atoms with van der Waals surface area (Å²) in [5.41, 5.74) is 2.08. The van der Waals surface area contributed by atoms with Crippen molar-refractivity contribution < 1.29 is 4.79 Å². The summed E-state index contributed by atoms with van der Waals surface area (Å²) in [5.74, 6) is -0.0400. The first kappa shape index (κ1) is 13.5. The molecule has 1 saturated carbocycles. The molecule has 0 bridgehead atoms. The molecule has 1 aromatic heterocycles. The van der Waals surface area contributed by atoms with Crippen LogP contribution < -0.4 is 5.32 Å². The van der Waals surface area contributed by atoms with E-state index in [1.165, 1.54) is 12.8 Å². The fraction of sp³-hybridized carbons (Fsp3) is 0.615. The molecule has 2 rings (SSSR count). The van der Waals surface area contributed by atoms with Crippen LogP contribution in [0.15, 0.2) is 6.07 Å². The Morgan fingerprint density at radius 3 is 2.78 bits per heavy atom. The van der Waals surface area contributed by atoms with E-state index in [0.29, 0.717) is 16.1 Å². The number of carbonyl (C=O) groups is 1. The highest BCUT2D eigenvalue weighted by Gasteiger charge is 2.25. The van der Waals surface area contributed by atoms with Crippen molar-refractivity contribution in [3.8, 4) is 0 Å². The lowest BCUT2D eigenvalue weighted by Gasteiger charge is -2.28. The minimum absolute atomic E-state index is 0.0400. The molecule has 1 N–H and O–H groups in total. The Kier molecular flexibility index (Phi) is 4.32. The van der Waals surface area contributed by atoms with Gasteiger partial charge in [0.15, 0.2) is 0 Å². The van der Waals surface area contributed by atoms with E-state index in [0.717, 1.165) is 18.5 Å². The number of alkyl halides is 1.